The van der Waals surface area contributed by atoms with E-state index < -0.39 is 16.8 Å². The molecule has 4 heteroatoms. The zero-order chi connectivity index (χ0) is 24.4. The van der Waals surface area contributed by atoms with Gasteiger partial charge in [-0.3, -0.25) is 4.79 Å². The molecule has 3 saturated carbocycles. The Bertz CT molecular complexity index is 789. The van der Waals surface area contributed by atoms with Gasteiger partial charge < -0.3 is 14.9 Å². The summed E-state index contributed by atoms with van der Waals surface area (Å²) in [5.74, 6) is 1.68. The molecule has 2 N–H and O–H groups in total. The summed E-state index contributed by atoms with van der Waals surface area (Å²) < 4.78 is 6.38. The van der Waals surface area contributed by atoms with Crippen LogP contribution in [0.5, 0.6) is 0 Å². The van der Waals surface area contributed by atoms with Crippen LogP contribution in [0.3, 0.4) is 0 Å². The molecule has 4 rings (SSSR count). The highest BCUT2D eigenvalue weighted by molar-refractivity contribution is 5.86. The van der Waals surface area contributed by atoms with Crippen LogP contribution in [-0.4, -0.2) is 38.9 Å². The molecular weight excluding hydrogens is 412 g/mol. The van der Waals surface area contributed by atoms with Crippen molar-refractivity contribution >= 4 is 5.78 Å². The van der Waals surface area contributed by atoms with Gasteiger partial charge in [0.2, 0.25) is 0 Å². The topological polar surface area (TPSA) is 66.8 Å². The molecule has 4 nitrogen and oxygen atoms in total. The number of allylic oxidation sites excluding steroid dienone is 2. The quantitative estimate of drug-likeness (QED) is 0.508. The van der Waals surface area contributed by atoms with Crippen LogP contribution >= 0.6 is 0 Å². The second-order valence-corrected chi connectivity index (χ2v) is 13.6. The summed E-state index contributed by atoms with van der Waals surface area (Å²) in [6.07, 6.45) is 10.3. The monoisotopic (exact) mass is 460 g/mol. The number of aliphatic hydroxyl groups is 2. The molecule has 1 heterocycles. The number of fused-ring (bicyclic) bond motifs is 2. The van der Waals surface area contributed by atoms with Crippen molar-refractivity contribution in [1.29, 1.82) is 0 Å². The molecule has 0 aromatic carbocycles. The van der Waals surface area contributed by atoms with Crippen molar-refractivity contribution in [2.24, 2.45) is 35.0 Å². The Labute approximate surface area is 201 Å². The molecule has 1 aliphatic heterocycles. The van der Waals surface area contributed by atoms with Gasteiger partial charge in [-0.1, -0.05) is 32.4 Å². The number of ketones is 1. The summed E-state index contributed by atoms with van der Waals surface area (Å²) in [5.41, 5.74) is -0.395. The molecule has 4 aliphatic rings. The molecule has 0 aromatic heterocycles. The number of hydrogen-bond donors (Lipinski definition) is 2. The van der Waals surface area contributed by atoms with Crippen LogP contribution in [0.2, 0.25) is 0 Å². The fourth-order valence-electron chi connectivity index (χ4n) is 8.03. The van der Waals surface area contributed by atoms with Gasteiger partial charge in [-0.05, 0) is 114 Å². The fourth-order valence-corrected chi connectivity index (χ4v) is 8.03. The van der Waals surface area contributed by atoms with Crippen molar-refractivity contribution < 1.29 is 19.7 Å². The van der Waals surface area contributed by atoms with Crippen LogP contribution in [0, 0.1) is 35.0 Å². The van der Waals surface area contributed by atoms with Gasteiger partial charge in [-0.2, -0.15) is 0 Å². The van der Waals surface area contributed by atoms with Crippen LogP contribution in [-0.2, 0) is 9.53 Å². The van der Waals surface area contributed by atoms with Crippen LogP contribution in [0.4, 0.5) is 0 Å². The second-order valence-electron chi connectivity index (χ2n) is 13.6. The standard InChI is InChI=1S/C29H48O4/c1-18-8-11-22-25(26(2,3)16-17-29(22,7)32)19(18)9-12-21-20-10-13-24(30)27(4,5)33-23(20)14-15-28(21,6)31/h9,18,20-23,25,31-32H,8,10-17H2,1-7H3/b19-9+/t18-,20?,21+,22+,23+,25-,28+,29+/m1/s1. The Hall–Kier alpha value is -0.710. The molecular formula is C29H48O4. The fraction of sp³-hybridized carbons (Fsp3) is 0.897. The molecule has 1 unspecified atom stereocenters. The molecule has 4 fully saturated rings. The Morgan fingerprint density at radius 1 is 0.939 bits per heavy atom. The minimum atomic E-state index is -0.746. The molecule has 188 valence electrons. The number of ether oxygens (including phenoxy) is 1. The van der Waals surface area contributed by atoms with Crippen molar-refractivity contribution in [3.63, 3.8) is 0 Å². The number of rotatable bonds is 2. The molecule has 0 bridgehead atoms. The zero-order valence-corrected chi connectivity index (χ0v) is 22.1. The van der Waals surface area contributed by atoms with Crippen LogP contribution in [0.25, 0.3) is 0 Å². The number of hydrogen-bond acceptors (Lipinski definition) is 4. The van der Waals surface area contributed by atoms with E-state index in [9.17, 15) is 15.0 Å². The first kappa shape index (κ1) is 25.4. The lowest BCUT2D eigenvalue weighted by molar-refractivity contribution is -0.165. The average Bonchev–Trinajstić information content (AvgIpc) is 2.81. The minimum absolute atomic E-state index is 0.0402. The van der Waals surface area contributed by atoms with E-state index in [0.717, 1.165) is 44.9 Å². The lowest BCUT2D eigenvalue weighted by Gasteiger charge is -2.56. The highest BCUT2D eigenvalue weighted by Gasteiger charge is 2.53. The van der Waals surface area contributed by atoms with Gasteiger partial charge in [0.1, 0.15) is 5.60 Å². The predicted molar refractivity (Wildman–Crippen MR) is 132 cm³/mol. The van der Waals surface area contributed by atoms with Gasteiger partial charge in [0.05, 0.1) is 17.3 Å². The van der Waals surface area contributed by atoms with Gasteiger partial charge >= 0.3 is 0 Å². The second kappa shape index (κ2) is 8.45. The summed E-state index contributed by atoms with van der Waals surface area (Å²) in [4.78, 5) is 12.7. The molecule has 0 radical (unpaired) electrons. The Balaban J connectivity index is 1.64. The summed E-state index contributed by atoms with van der Waals surface area (Å²) in [5, 5.41) is 22.7. The lowest BCUT2D eigenvalue weighted by Crippen LogP contribution is -2.53. The maximum atomic E-state index is 12.7. The van der Waals surface area contributed by atoms with E-state index in [1.165, 1.54) is 5.57 Å². The Kier molecular flexibility index (Phi) is 6.50. The molecule has 0 amide bonds. The SMILES string of the molecule is C[C@@H]1CC[C@H]2[C@@H](/C1=C/C[C@H]1C3CCC(=O)C(C)(C)O[C@H]3CC[C@]1(C)O)C(C)(C)CC[C@]2(C)O. The van der Waals surface area contributed by atoms with E-state index in [1.54, 1.807) is 0 Å². The van der Waals surface area contributed by atoms with Crippen molar-refractivity contribution in [2.45, 2.75) is 129 Å². The molecule has 0 spiro atoms. The molecule has 3 aliphatic carbocycles. The molecule has 8 atom stereocenters. The summed E-state index contributed by atoms with van der Waals surface area (Å²) in [6, 6.07) is 0. The Morgan fingerprint density at radius 3 is 2.33 bits per heavy atom. The summed E-state index contributed by atoms with van der Waals surface area (Å²) in [6.45, 7) is 15.0. The van der Waals surface area contributed by atoms with E-state index >= 15 is 0 Å². The molecule has 1 saturated heterocycles. The first-order valence-corrected chi connectivity index (χ1v) is 13.5. The first-order valence-electron chi connectivity index (χ1n) is 13.5. The van der Waals surface area contributed by atoms with Crippen LogP contribution in [0.15, 0.2) is 11.6 Å². The summed E-state index contributed by atoms with van der Waals surface area (Å²) in [7, 11) is 0. The smallest absolute Gasteiger partial charge is 0.164 e. The van der Waals surface area contributed by atoms with E-state index in [1.807, 2.05) is 27.7 Å². The normalized spacial score (nSPS) is 48.6. The van der Waals surface area contributed by atoms with Crippen molar-refractivity contribution in [3.8, 4) is 0 Å². The third kappa shape index (κ3) is 4.61. The van der Waals surface area contributed by atoms with E-state index in [0.29, 0.717) is 30.6 Å². The minimum Gasteiger partial charge on any atom is -0.390 e. The number of carbonyl (C=O) groups is 1. The van der Waals surface area contributed by atoms with Gasteiger partial charge in [-0.15, -0.1) is 0 Å². The number of carbonyl (C=O) groups excluding carboxylic acids is 1. The predicted octanol–water partition coefficient (Wildman–Crippen LogP) is 5.84. The molecule has 0 aromatic rings. The number of Topliss-reactive ketones (excluding diaryl/α,β-unsaturated/α-hetero) is 1. The van der Waals surface area contributed by atoms with Crippen LogP contribution < -0.4 is 0 Å². The van der Waals surface area contributed by atoms with Gasteiger partial charge in [0.15, 0.2) is 5.78 Å². The van der Waals surface area contributed by atoms with Crippen molar-refractivity contribution in [1.82, 2.24) is 0 Å². The maximum Gasteiger partial charge on any atom is 0.164 e. The summed E-state index contributed by atoms with van der Waals surface area (Å²) >= 11 is 0. The average molecular weight is 461 g/mol. The zero-order valence-electron chi connectivity index (χ0n) is 22.1. The van der Waals surface area contributed by atoms with E-state index in [-0.39, 0.29) is 29.1 Å². The third-order valence-corrected chi connectivity index (χ3v) is 10.3. The van der Waals surface area contributed by atoms with Gasteiger partial charge in [0, 0.05) is 6.42 Å². The maximum absolute atomic E-state index is 12.7. The molecule has 33 heavy (non-hydrogen) atoms. The largest absolute Gasteiger partial charge is 0.390 e. The highest BCUT2D eigenvalue weighted by Crippen LogP contribution is 2.58. The van der Waals surface area contributed by atoms with Crippen molar-refractivity contribution in [3.05, 3.63) is 11.6 Å². The Morgan fingerprint density at radius 2 is 1.64 bits per heavy atom. The third-order valence-electron chi connectivity index (χ3n) is 10.3. The lowest BCUT2D eigenvalue weighted by atomic mass is 9.51. The highest BCUT2D eigenvalue weighted by atomic mass is 16.5. The van der Waals surface area contributed by atoms with Gasteiger partial charge in [-0.25, -0.2) is 0 Å². The van der Waals surface area contributed by atoms with E-state index in [2.05, 4.69) is 26.8 Å². The first-order chi connectivity index (χ1) is 15.2. The van der Waals surface area contributed by atoms with Gasteiger partial charge in [0.25, 0.3) is 0 Å². The van der Waals surface area contributed by atoms with Crippen molar-refractivity contribution in [2.75, 3.05) is 0 Å². The van der Waals surface area contributed by atoms with E-state index in [4.69, 9.17) is 4.74 Å². The van der Waals surface area contributed by atoms with Crippen LogP contribution in [0.1, 0.15) is 106 Å².